The Hall–Kier alpha value is -1.54. The summed E-state index contributed by atoms with van der Waals surface area (Å²) in [6.45, 7) is 11.3. The van der Waals surface area contributed by atoms with E-state index in [-0.39, 0.29) is 36.1 Å². The van der Waals surface area contributed by atoms with Crippen LogP contribution in [0, 0.1) is 0 Å². The normalized spacial score (nSPS) is 27.0. The van der Waals surface area contributed by atoms with Crippen molar-refractivity contribution in [3.05, 3.63) is 60.7 Å². The second-order valence-corrected chi connectivity index (χ2v) is 14.9. The average Bonchev–Trinajstić information content (AvgIpc) is 3.26. The quantitative estimate of drug-likeness (QED) is 0.597. The molecule has 4 rings (SSSR count). The van der Waals surface area contributed by atoms with Gasteiger partial charge in [-0.05, 0) is 42.1 Å². The maximum Gasteiger partial charge on any atom is 0.261 e. The van der Waals surface area contributed by atoms with E-state index in [4.69, 9.17) is 18.6 Å². The Kier molecular flexibility index (Phi) is 7.15. The van der Waals surface area contributed by atoms with Crippen molar-refractivity contribution in [2.75, 3.05) is 13.2 Å². The standard InChI is InChI=1S/C27H38O5Si/c1-26(2,3)33(20-13-8-6-9-14-20,21-15-10-7-11-16-21)29-19-23-25-24(31-27(4,5)32-25)22(30-23)17-12-18-28/h6-11,13-16,22-25,28H,12,17-19H2,1-5H3/t22-,23+,24-,25+/m0/s1. The van der Waals surface area contributed by atoms with Gasteiger partial charge < -0.3 is 23.7 Å². The fraction of sp³-hybridized carbons (Fsp3) is 0.556. The summed E-state index contributed by atoms with van der Waals surface area (Å²) in [5, 5.41) is 11.7. The molecule has 33 heavy (non-hydrogen) atoms. The molecule has 0 amide bonds. The highest BCUT2D eigenvalue weighted by atomic mass is 28.4. The number of aliphatic hydroxyl groups excluding tert-OH is 1. The van der Waals surface area contributed by atoms with E-state index in [9.17, 15) is 5.11 Å². The van der Waals surface area contributed by atoms with Crippen molar-refractivity contribution in [2.24, 2.45) is 0 Å². The zero-order valence-corrected chi connectivity index (χ0v) is 21.5. The smallest absolute Gasteiger partial charge is 0.261 e. The molecule has 2 aliphatic heterocycles. The summed E-state index contributed by atoms with van der Waals surface area (Å²) < 4.78 is 26.0. The van der Waals surface area contributed by atoms with Gasteiger partial charge in [-0.2, -0.15) is 0 Å². The fourth-order valence-corrected chi connectivity index (χ4v) is 9.97. The number of hydrogen-bond acceptors (Lipinski definition) is 5. The van der Waals surface area contributed by atoms with Gasteiger partial charge in [0.2, 0.25) is 0 Å². The van der Waals surface area contributed by atoms with Crippen LogP contribution in [0.4, 0.5) is 0 Å². The van der Waals surface area contributed by atoms with Crippen LogP contribution in [0.15, 0.2) is 60.7 Å². The van der Waals surface area contributed by atoms with Crippen molar-refractivity contribution in [1.82, 2.24) is 0 Å². The molecule has 2 fully saturated rings. The van der Waals surface area contributed by atoms with Gasteiger partial charge in [0.15, 0.2) is 5.79 Å². The zero-order chi connectivity index (χ0) is 23.7. The first kappa shape index (κ1) is 24.6. The lowest BCUT2D eigenvalue weighted by atomic mass is 10.0. The fourth-order valence-electron chi connectivity index (χ4n) is 5.40. The summed E-state index contributed by atoms with van der Waals surface area (Å²) in [4.78, 5) is 0. The molecule has 2 aromatic carbocycles. The molecule has 180 valence electrons. The van der Waals surface area contributed by atoms with Crippen LogP contribution in [0.5, 0.6) is 0 Å². The lowest BCUT2D eigenvalue weighted by molar-refractivity contribution is -0.190. The summed E-state index contributed by atoms with van der Waals surface area (Å²) in [5.41, 5.74) is 0. The van der Waals surface area contributed by atoms with Gasteiger partial charge in [0.05, 0.1) is 12.7 Å². The topological polar surface area (TPSA) is 57.2 Å². The molecule has 4 atom stereocenters. The Morgan fingerprint density at radius 2 is 1.39 bits per heavy atom. The van der Waals surface area contributed by atoms with Crippen LogP contribution in [0.25, 0.3) is 0 Å². The van der Waals surface area contributed by atoms with E-state index in [1.165, 1.54) is 10.4 Å². The Morgan fingerprint density at radius 3 is 1.88 bits per heavy atom. The molecule has 2 aromatic rings. The minimum atomic E-state index is -2.66. The molecular formula is C27H38O5Si. The van der Waals surface area contributed by atoms with E-state index in [0.717, 1.165) is 6.42 Å². The predicted molar refractivity (Wildman–Crippen MR) is 132 cm³/mol. The summed E-state index contributed by atoms with van der Waals surface area (Å²) in [6.07, 6.45) is 0.785. The SMILES string of the molecule is CC1(C)O[C@@H]2[C@H](O1)[C@@H](CO[Si](c1ccccc1)(c1ccccc1)C(C)(C)C)O[C@H]2CCCO. The van der Waals surface area contributed by atoms with E-state index < -0.39 is 14.1 Å². The number of ether oxygens (including phenoxy) is 3. The molecule has 0 aliphatic carbocycles. The van der Waals surface area contributed by atoms with Crippen molar-refractivity contribution >= 4 is 18.7 Å². The van der Waals surface area contributed by atoms with E-state index in [2.05, 4.69) is 81.4 Å². The van der Waals surface area contributed by atoms with Gasteiger partial charge in [-0.25, -0.2) is 0 Å². The summed E-state index contributed by atoms with van der Waals surface area (Å²) in [5.74, 6) is -0.647. The van der Waals surface area contributed by atoms with E-state index in [1.807, 2.05) is 13.8 Å². The number of aliphatic hydroxyl groups is 1. The molecule has 1 N–H and O–H groups in total. The van der Waals surface area contributed by atoms with E-state index in [1.54, 1.807) is 0 Å². The van der Waals surface area contributed by atoms with Crippen LogP contribution >= 0.6 is 0 Å². The van der Waals surface area contributed by atoms with E-state index >= 15 is 0 Å². The molecule has 6 heteroatoms. The van der Waals surface area contributed by atoms with Crippen LogP contribution in [-0.2, 0) is 18.6 Å². The second-order valence-electron chi connectivity index (χ2n) is 10.6. The van der Waals surface area contributed by atoms with Crippen LogP contribution in [0.3, 0.4) is 0 Å². The minimum Gasteiger partial charge on any atom is -0.405 e. The highest BCUT2D eigenvalue weighted by Gasteiger charge is 2.56. The lowest BCUT2D eigenvalue weighted by Crippen LogP contribution is -2.67. The predicted octanol–water partition coefficient (Wildman–Crippen LogP) is 3.62. The van der Waals surface area contributed by atoms with Gasteiger partial charge in [0, 0.05) is 6.61 Å². The molecule has 0 aromatic heterocycles. The maximum absolute atomic E-state index is 9.34. The largest absolute Gasteiger partial charge is 0.405 e. The molecule has 5 nitrogen and oxygen atoms in total. The molecule has 0 radical (unpaired) electrons. The third kappa shape index (κ3) is 4.83. The Balaban J connectivity index is 1.66. The number of rotatable bonds is 8. The molecule has 2 heterocycles. The summed E-state index contributed by atoms with van der Waals surface area (Å²) >= 11 is 0. The van der Waals surface area contributed by atoms with Crippen molar-refractivity contribution in [3.63, 3.8) is 0 Å². The van der Waals surface area contributed by atoms with Crippen molar-refractivity contribution in [2.45, 2.75) is 82.7 Å². The van der Waals surface area contributed by atoms with Gasteiger partial charge in [-0.3, -0.25) is 0 Å². The third-order valence-electron chi connectivity index (χ3n) is 6.77. The Morgan fingerprint density at radius 1 is 0.879 bits per heavy atom. The first-order valence-electron chi connectivity index (χ1n) is 12.0. The van der Waals surface area contributed by atoms with Gasteiger partial charge in [0.25, 0.3) is 8.32 Å². The van der Waals surface area contributed by atoms with Crippen LogP contribution in [0.1, 0.15) is 47.5 Å². The molecule has 0 bridgehead atoms. The molecule has 2 aliphatic rings. The Labute approximate surface area is 199 Å². The zero-order valence-electron chi connectivity index (χ0n) is 20.5. The third-order valence-corrected chi connectivity index (χ3v) is 11.8. The minimum absolute atomic E-state index is 0.100. The van der Waals surface area contributed by atoms with Gasteiger partial charge in [-0.15, -0.1) is 0 Å². The van der Waals surface area contributed by atoms with Crippen LogP contribution in [-0.4, -0.2) is 56.8 Å². The molecular weight excluding hydrogens is 432 g/mol. The van der Waals surface area contributed by atoms with Gasteiger partial charge >= 0.3 is 0 Å². The first-order valence-corrected chi connectivity index (χ1v) is 14.0. The summed E-state index contributed by atoms with van der Waals surface area (Å²) in [6, 6.07) is 21.3. The van der Waals surface area contributed by atoms with Crippen LogP contribution in [0.2, 0.25) is 5.04 Å². The second kappa shape index (κ2) is 9.60. The van der Waals surface area contributed by atoms with Crippen LogP contribution < -0.4 is 10.4 Å². The number of benzene rings is 2. The average molecular weight is 471 g/mol. The maximum atomic E-state index is 9.34. The van der Waals surface area contributed by atoms with Gasteiger partial charge in [0.1, 0.15) is 18.3 Å². The van der Waals surface area contributed by atoms with Crippen molar-refractivity contribution in [3.8, 4) is 0 Å². The summed E-state index contributed by atoms with van der Waals surface area (Å²) in [7, 11) is -2.66. The number of hydrogen-bond donors (Lipinski definition) is 1. The van der Waals surface area contributed by atoms with E-state index in [0.29, 0.717) is 13.0 Å². The van der Waals surface area contributed by atoms with Gasteiger partial charge in [-0.1, -0.05) is 81.4 Å². The molecule has 2 saturated heterocycles. The highest BCUT2D eigenvalue weighted by molar-refractivity contribution is 6.99. The van der Waals surface area contributed by atoms with Crippen molar-refractivity contribution in [1.29, 1.82) is 0 Å². The first-order chi connectivity index (χ1) is 15.7. The molecule has 0 saturated carbocycles. The molecule has 0 unspecified atom stereocenters. The molecule has 0 spiro atoms. The number of fused-ring (bicyclic) bond motifs is 1. The Bertz CT molecular complexity index is 856. The lowest BCUT2D eigenvalue weighted by Gasteiger charge is -2.43. The highest BCUT2D eigenvalue weighted by Crippen LogP contribution is 2.42. The van der Waals surface area contributed by atoms with Crippen molar-refractivity contribution < 1.29 is 23.7 Å². The monoisotopic (exact) mass is 470 g/mol.